The van der Waals surface area contributed by atoms with Crippen LogP contribution in [0.25, 0.3) is 0 Å². The molecule has 108 valence electrons. The highest BCUT2D eigenvalue weighted by atomic mass is 35.5. The molecule has 21 heavy (non-hydrogen) atoms. The van der Waals surface area contributed by atoms with Crippen LogP contribution in [0.5, 0.6) is 0 Å². The van der Waals surface area contributed by atoms with E-state index in [4.69, 9.17) is 34.8 Å². The largest absolute Gasteiger partial charge is 0.271 e. The van der Waals surface area contributed by atoms with Crippen molar-refractivity contribution in [1.82, 2.24) is 15.8 Å². The average molecular weight is 345 g/mol. The molecule has 0 atom stereocenters. The first-order valence-electron chi connectivity index (χ1n) is 5.64. The summed E-state index contributed by atoms with van der Waals surface area (Å²) in [6.07, 6.45) is 1.38. The maximum atomic E-state index is 11.9. The third-order valence-electron chi connectivity index (χ3n) is 2.45. The summed E-state index contributed by atoms with van der Waals surface area (Å²) >= 11 is 17.4. The first-order chi connectivity index (χ1) is 9.97. The van der Waals surface area contributed by atoms with Gasteiger partial charge in [-0.2, -0.15) is 0 Å². The molecule has 0 fully saturated rings. The second-order valence-electron chi connectivity index (χ2n) is 3.90. The molecule has 0 aliphatic carbocycles. The minimum Gasteiger partial charge on any atom is -0.267 e. The number of hydrogen-bond donors (Lipinski definition) is 2. The predicted octanol–water partition coefficient (Wildman–Crippen LogP) is 3.12. The quantitative estimate of drug-likeness (QED) is 0.649. The summed E-state index contributed by atoms with van der Waals surface area (Å²) in [5.74, 6) is -1.12. The zero-order valence-corrected chi connectivity index (χ0v) is 12.6. The van der Waals surface area contributed by atoms with Crippen molar-refractivity contribution in [2.24, 2.45) is 0 Å². The lowest BCUT2D eigenvalue weighted by molar-refractivity contribution is 0.0846. The van der Waals surface area contributed by atoms with Crippen molar-refractivity contribution >= 4 is 46.6 Å². The van der Waals surface area contributed by atoms with Gasteiger partial charge >= 0.3 is 0 Å². The molecule has 1 aromatic heterocycles. The normalized spacial score (nSPS) is 10.0. The highest BCUT2D eigenvalue weighted by molar-refractivity contribution is 6.35. The third kappa shape index (κ3) is 4.07. The van der Waals surface area contributed by atoms with Crippen molar-refractivity contribution in [3.05, 3.63) is 62.9 Å². The summed E-state index contributed by atoms with van der Waals surface area (Å²) in [7, 11) is 0. The maximum Gasteiger partial charge on any atom is 0.271 e. The number of carbonyl (C=O) groups is 2. The van der Waals surface area contributed by atoms with Gasteiger partial charge in [0.15, 0.2) is 0 Å². The van der Waals surface area contributed by atoms with E-state index in [9.17, 15) is 9.59 Å². The fraction of sp³-hybridized carbons (Fsp3) is 0. The van der Waals surface area contributed by atoms with Gasteiger partial charge in [-0.3, -0.25) is 20.4 Å². The Bertz CT molecular complexity index is 707. The Labute approximate surface area is 135 Å². The second-order valence-corrected chi connectivity index (χ2v) is 5.13. The molecule has 2 aromatic rings. The minimum atomic E-state index is -0.587. The van der Waals surface area contributed by atoms with Gasteiger partial charge in [0.05, 0.1) is 10.6 Å². The number of halogens is 3. The first-order valence-corrected chi connectivity index (χ1v) is 6.78. The van der Waals surface area contributed by atoms with Gasteiger partial charge in [-0.25, -0.2) is 4.98 Å². The van der Waals surface area contributed by atoms with E-state index in [2.05, 4.69) is 15.8 Å². The molecule has 0 radical (unpaired) electrons. The summed E-state index contributed by atoms with van der Waals surface area (Å²) < 4.78 is 0. The number of aromatic nitrogens is 1. The molecular formula is C13H8Cl3N3O2. The van der Waals surface area contributed by atoms with Crippen molar-refractivity contribution in [2.75, 3.05) is 0 Å². The third-order valence-corrected chi connectivity index (χ3v) is 3.22. The van der Waals surface area contributed by atoms with Crippen LogP contribution in [0, 0.1) is 0 Å². The Kier molecular flexibility index (Phi) is 5.01. The van der Waals surface area contributed by atoms with Gasteiger partial charge in [-0.1, -0.05) is 34.8 Å². The fourth-order valence-corrected chi connectivity index (χ4v) is 2.02. The molecule has 2 N–H and O–H groups in total. The Morgan fingerprint density at radius 2 is 1.67 bits per heavy atom. The number of hydrazine groups is 1. The summed E-state index contributed by atoms with van der Waals surface area (Å²) in [4.78, 5) is 27.5. The van der Waals surface area contributed by atoms with E-state index in [1.807, 2.05) is 0 Å². The van der Waals surface area contributed by atoms with Crippen molar-refractivity contribution in [1.29, 1.82) is 0 Å². The Hall–Kier alpha value is -1.82. The summed E-state index contributed by atoms with van der Waals surface area (Å²) in [5.41, 5.74) is 4.89. The van der Waals surface area contributed by atoms with E-state index < -0.39 is 11.8 Å². The minimum absolute atomic E-state index is 0.150. The molecule has 2 rings (SSSR count). The number of carbonyl (C=O) groups excluding carboxylic acids is 2. The topological polar surface area (TPSA) is 71.1 Å². The van der Waals surface area contributed by atoms with Gasteiger partial charge in [-0.05, 0) is 30.3 Å². The monoisotopic (exact) mass is 343 g/mol. The van der Waals surface area contributed by atoms with E-state index in [0.717, 1.165) is 0 Å². The molecule has 0 saturated heterocycles. The Morgan fingerprint density at radius 1 is 0.952 bits per heavy atom. The van der Waals surface area contributed by atoms with Gasteiger partial charge in [0.2, 0.25) is 0 Å². The number of hydrogen-bond acceptors (Lipinski definition) is 3. The number of nitrogens with zero attached hydrogens (tertiary/aromatic N) is 1. The molecule has 0 spiro atoms. The van der Waals surface area contributed by atoms with Gasteiger partial charge in [-0.15, -0.1) is 0 Å². The number of pyridine rings is 1. The lowest BCUT2D eigenvalue weighted by Gasteiger charge is -2.08. The highest BCUT2D eigenvalue weighted by Crippen LogP contribution is 2.20. The number of rotatable bonds is 2. The first kappa shape index (κ1) is 15.6. The Morgan fingerprint density at radius 3 is 2.38 bits per heavy atom. The predicted molar refractivity (Wildman–Crippen MR) is 80.6 cm³/mol. The van der Waals surface area contributed by atoms with Gasteiger partial charge in [0.25, 0.3) is 11.8 Å². The SMILES string of the molecule is O=C(NNC(=O)c1cc(Cl)ccc1Cl)c1ccnc(Cl)c1. The van der Waals surface area contributed by atoms with E-state index in [-0.39, 0.29) is 21.3 Å². The number of amides is 2. The zero-order valence-electron chi connectivity index (χ0n) is 10.4. The van der Waals surface area contributed by atoms with Crippen LogP contribution in [0.4, 0.5) is 0 Å². The molecule has 0 aliphatic rings. The lowest BCUT2D eigenvalue weighted by atomic mass is 10.2. The van der Waals surface area contributed by atoms with Gasteiger partial charge < -0.3 is 0 Å². The van der Waals surface area contributed by atoms with Crippen molar-refractivity contribution in [2.45, 2.75) is 0 Å². The fourth-order valence-electron chi connectivity index (χ4n) is 1.47. The zero-order chi connectivity index (χ0) is 15.4. The summed E-state index contributed by atoms with van der Waals surface area (Å²) in [6, 6.07) is 7.27. The van der Waals surface area contributed by atoms with Crippen LogP contribution in [-0.4, -0.2) is 16.8 Å². The molecule has 8 heteroatoms. The smallest absolute Gasteiger partial charge is 0.267 e. The summed E-state index contributed by atoms with van der Waals surface area (Å²) in [5, 5.41) is 0.752. The van der Waals surface area contributed by atoms with Crippen LogP contribution in [0.2, 0.25) is 15.2 Å². The van der Waals surface area contributed by atoms with Crippen LogP contribution >= 0.6 is 34.8 Å². The van der Waals surface area contributed by atoms with Crippen LogP contribution in [0.15, 0.2) is 36.5 Å². The molecular weight excluding hydrogens is 337 g/mol. The van der Waals surface area contributed by atoms with Gasteiger partial charge in [0.1, 0.15) is 5.15 Å². The molecule has 1 heterocycles. The second kappa shape index (κ2) is 6.76. The molecule has 0 aliphatic heterocycles. The van der Waals surface area contributed by atoms with E-state index in [0.29, 0.717) is 5.02 Å². The molecule has 0 bridgehead atoms. The van der Waals surface area contributed by atoms with Crippen LogP contribution in [-0.2, 0) is 0 Å². The van der Waals surface area contributed by atoms with Crippen LogP contribution in [0.1, 0.15) is 20.7 Å². The van der Waals surface area contributed by atoms with Crippen molar-refractivity contribution in [3.63, 3.8) is 0 Å². The van der Waals surface area contributed by atoms with E-state index in [1.54, 1.807) is 6.07 Å². The molecule has 5 nitrogen and oxygen atoms in total. The molecule has 2 amide bonds. The van der Waals surface area contributed by atoms with Crippen LogP contribution in [0.3, 0.4) is 0 Å². The number of nitrogens with one attached hydrogen (secondary N) is 2. The lowest BCUT2D eigenvalue weighted by Crippen LogP contribution is -2.41. The van der Waals surface area contributed by atoms with Gasteiger partial charge in [0, 0.05) is 16.8 Å². The average Bonchev–Trinajstić information content (AvgIpc) is 2.47. The molecule has 1 aromatic carbocycles. The van der Waals surface area contributed by atoms with E-state index >= 15 is 0 Å². The maximum absolute atomic E-state index is 11.9. The van der Waals surface area contributed by atoms with E-state index in [1.165, 1.54) is 30.5 Å². The summed E-state index contributed by atoms with van der Waals surface area (Å²) in [6.45, 7) is 0. The van der Waals surface area contributed by atoms with Crippen LogP contribution < -0.4 is 10.9 Å². The molecule has 0 saturated carbocycles. The van der Waals surface area contributed by atoms with Crippen molar-refractivity contribution in [3.8, 4) is 0 Å². The standard InChI is InChI=1S/C13H8Cl3N3O2/c14-8-1-2-10(15)9(6-8)13(21)19-18-12(20)7-3-4-17-11(16)5-7/h1-6H,(H,18,20)(H,19,21). The van der Waals surface area contributed by atoms with Crippen molar-refractivity contribution < 1.29 is 9.59 Å². The molecule has 0 unspecified atom stereocenters. The highest BCUT2D eigenvalue weighted by Gasteiger charge is 2.13. The Balaban J connectivity index is 2.04. The number of benzene rings is 1.